The number of nitrogens with one attached hydrogen (secondary N) is 2. The first kappa shape index (κ1) is 25.4. The summed E-state index contributed by atoms with van der Waals surface area (Å²) in [6, 6.07) is 19.9. The van der Waals surface area contributed by atoms with Crippen LogP contribution in [0.5, 0.6) is 5.75 Å². The molecule has 0 fully saturated rings. The predicted molar refractivity (Wildman–Crippen MR) is 132 cm³/mol. The maximum absolute atomic E-state index is 12.5. The third-order valence-electron chi connectivity index (χ3n) is 5.18. The Morgan fingerprint density at radius 1 is 1.00 bits per heavy atom. The molecule has 0 saturated carbocycles. The van der Waals surface area contributed by atoms with Gasteiger partial charge in [0.15, 0.2) is 0 Å². The van der Waals surface area contributed by atoms with Crippen LogP contribution in [-0.4, -0.2) is 25.9 Å². The van der Waals surface area contributed by atoms with E-state index in [9.17, 15) is 13.2 Å². The van der Waals surface area contributed by atoms with E-state index < -0.39 is 10.0 Å². The first-order valence-electron chi connectivity index (χ1n) is 11.1. The first-order chi connectivity index (χ1) is 16.1. The molecule has 2 aromatic carbocycles. The summed E-state index contributed by atoms with van der Waals surface area (Å²) < 4.78 is 33.2. The second kappa shape index (κ2) is 11.3. The maximum Gasteiger partial charge on any atom is 0.240 e. The molecule has 0 aliphatic carbocycles. The van der Waals surface area contributed by atoms with Crippen molar-refractivity contribution in [3.63, 3.8) is 0 Å². The topological polar surface area (TPSA) is 97.4 Å². The van der Waals surface area contributed by atoms with Gasteiger partial charge in [-0.25, -0.2) is 13.1 Å². The first-order valence-corrected chi connectivity index (χ1v) is 12.6. The highest BCUT2D eigenvalue weighted by Crippen LogP contribution is 2.23. The Morgan fingerprint density at radius 3 is 2.44 bits per heavy atom. The number of pyridine rings is 1. The van der Waals surface area contributed by atoms with Crippen LogP contribution in [0.25, 0.3) is 0 Å². The van der Waals surface area contributed by atoms with Crippen LogP contribution in [0.15, 0.2) is 77.8 Å². The molecule has 3 rings (SSSR count). The third-order valence-corrected chi connectivity index (χ3v) is 6.65. The molecule has 1 aromatic heterocycles. The summed E-state index contributed by atoms with van der Waals surface area (Å²) in [4.78, 5) is 16.6. The fourth-order valence-electron chi connectivity index (χ4n) is 3.19. The Labute approximate surface area is 201 Å². The number of hydrogen-bond acceptors (Lipinski definition) is 5. The molecule has 34 heavy (non-hydrogen) atoms. The van der Waals surface area contributed by atoms with Crippen LogP contribution in [0.2, 0.25) is 0 Å². The summed E-state index contributed by atoms with van der Waals surface area (Å²) in [5.74, 6) is 0.438. The molecule has 0 aliphatic heterocycles. The summed E-state index contributed by atoms with van der Waals surface area (Å²) >= 11 is 0. The van der Waals surface area contributed by atoms with Gasteiger partial charge >= 0.3 is 0 Å². The second-order valence-electron chi connectivity index (χ2n) is 8.96. The van der Waals surface area contributed by atoms with Gasteiger partial charge in [-0.2, -0.15) is 0 Å². The number of rotatable bonds is 10. The summed E-state index contributed by atoms with van der Waals surface area (Å²) in [5.41, 5.74) is 2.70. The van der Waals surface area contributed by atoms with E-state index in [0.29, 0.717) is 18.9 Å². The highest BCUT2D eigenvalue weighted by atomic mass is 32.2. The molecule has 8 heteroatoms. The van der Waals surface area contributed by atoms with E-state index in [2.05, 4.69) is 35.8 Å². The fraction of sp³-hybridized carbons (Fsp3) is 0.308. The minimum atomic E-state index is -3.67. The zero-order valence-corrected chi connectivity index (χ0v) is 20.6. The van der Waals surface area contributed by atoms with Crippen molar-refractivity contribution < 1.29 is 17.9 Å². The number of amides is 1. The van der Waals surface area contributed by atoms with Crippen LogP contribution in [0, 0.1) is 0 Å². The van der Waals surface area contributed by atoms with Gasteiger partial charge in [0.05, 0.1) is 10.6 Å². The number of sulfonamides is 1. The second-order valence-corrected chi connectivity index (χ2v) is 10.7. The highest BCUT2D eigenvalue weighted by Gasteiger charge is 2.17. The Kier molecular flexibility index (Phi) is 8.41. The molecule has 3 aromatic rings. The molecule has 0 spiro atoms. The Morgan fingerprint density at radius 2 is 1.76 bits per heavy atom. The van der Waals surface area contributed by atoms with Crippen molar-refractivity contribution in [3.05, 3.63) is 89.7 Å². The SMILES string of the molecule is CC(C)(C)c1ccc(S(=O)(=O)NCCC(=O)NCc2cccc(OCc3ccccn3)c2)cc1. The maximum atomic E-state index is 12.5. The molecule has 0 radical (unpaired) electrons. The number of carbonyl (C=O) groups is 1. The summed E-state index contributed by atoms with van der Waals surface area (Å²) in [5, 5.41) is 2.81. The molecule has 0 saturated heterocycles. The van der Waals surface area contributed by atoms with Gasteiger partial charge in [0.25, 0.3) is 0 Å². The van der Waals surface area contributed by atoms with E-state index in [4.69, 9.17) is 4.74 Å². The van der Waals surface area contributed by atoms with Gasteiger partial charge in [-0.15, -0.1) is 0 Å². The Hall–Kier alpha value is -3.23. The standard InChI is InChI=1S/C26H31N3O4S/c1-26(2,3)21-10-12-24(13-11-21)34(31,32)29-16-14-25(30)28-18-20-7-6-9-23(17-20)33-19-22-8-4-5-15-27-22/h4-13,15,17,29H,14,16,18-19H2,1-3H3,(H,28,30). The van der Waals surface area contributed by atoms with Gasteiger partial charge in [0, 0.05) is 25.7 Å². The van der Waals surface area contributed by atoms with Crippen molar-refractivity contribution in [2.24, 2.45) is 0 Å². The van der Waals surface area contributed by atoms with E-state index in [-0.39, 0.29) is 29.2 Å². The van der Waals surface area contributed by atoms with Crippen molar-refractivity contribution in [2.45, 2.75) is 50.7 Å². The van der Waals surface area contributed by atoms with Crippen molar-refractivity contribution >= 4 is 15.9 Å². The van der Waals surface area contributed by atoms with Gasteiger partial charge in [-0.1, -0.05) is 51.1 Å². The number of ether oxygens (including phenoxy) is 1. The summed E-state index contributed by atoms with van der Waals surface area (Å²) in [6.07, 6.45) is 1.75. The van der Waals surface area contributed by atoms with E-state index in [1.165, 1.54) is 0 Å². The van der Waals surface area contributed by atoms with Gasteiger partial charge in [0.2, 0.25) is 15.9 Å². The smallest absolute Gasteiger partial charge is 0.240 e. The molecule has 1 amide bonds. The van der Waals surface area contributed by atoms with Crippen LogP contribution < -0.4 is 14.8 Å². The number of benzene rings is 2. The van der Waals surface area contributed by atoms with Crippen LogP contribution in [0.1, 0.15) is 44.0 Å². The Balaban J connectivity index is 1.43. The monoisotopic (exact) mass is 481 g/mol. The number of aromatic nitrogens is 1. The third kappa shape index (κ3) is 7.67. The normalized spacial score (nSPS) is 11.7. The highest BCUT2D eigenvalue weighted by molar-refractivity contribution is 7.89. The fourth-order valence-corrected chi connectivity index (χ4v) is 4.22. The molecule has 2 N–H and O–H groups in total. The number of hydrogen-bond donors (Lipinski definition) is 2. The minimum absolute atomic E-state index is 0.0163. The molecule has 0 bridgehead atoms. The quantitative estimate of drug-likeness (QED) is 0.457. The van der Waals surface area contributed by atoms with Gasteiger partial charge in [-0.05, 0) is 52.9 Å². The summed E-state index contributed by atoms with van der Waals surface area (Å²) in [6.45, 7) is 6.90. The lowest BCUT2D eigenvalue weighted by Gasteiger charge is -2.19. The predicted octanol–water partition coefficient (Wildman–Crippen LogP) is 3.94. The van der Waals surface area contributed by atoms with E-state index >= 15 is 0 Å². The van der Waals surface area contributed by atoms with Crippen LogP contribution in [-0.2, 0) is 33.4 Å². The molecule has 0 aliphatic rings. The van der Waals surface area contributed by atoms with Crippen molar-refractivity contribution in [1.29, 1.82) is 0 Å². The minimum Gasteiger partial charge on any atom is -0.487 e. The van der Waals surface area contributed by atoms with Crippen LogP contribution >= 0.6 is 0 Å². The number of nitrogens with zero attached hydrogens (tertiary/aromatic N) is 1. The van der Waals surface area contributed by atoms with E-state index in [0.717, 1.165) is 16.8 Å². The summed E-state index contributed by atoms with van der Waals surface area (Å²) in [7, 11) is -3.67. The van der Waals surface area contributed by atoms with Crippen LogP contribution in [0.3, 0.4) is 0 Å². The average Bonchev–Trinajstić information content (AvgIpc) is 2.82. The lowest BCUT2D eigenvalue weighted by molar-refractivity contribution is -0.121. The van der Waals surface area contributed by atoms with Gasteiger partial charge < -0.3 is 10.1 Å². The Bertz CT molecular complexity index is 1190. The molecule has 1 heterocycles. The molecule has 0 unspecified atom stereocenters. The molecular weight excluding hydrogens is 450 g/mol. The van der Waals surface area contributed by atoms with Gasteiger partial charge in [-0.3, -0.25) is 9.78 Å². The average molecular weight is 482 g/mol. The van der Waals surface area contributed by atoms with Crippen LogP contribution in [0.4, 0.5) is 0 Å². The zero-order valence-electron chi connectivity index (χ0n) is 19.7. The molecule has 0 atom stereocenters. The molecule has 180 valence electrons. The molecular formula is C26H31N3O4S. The zero-order chi connectivity index (χ0) is 24.6. The lowest BCUT2D eigenvalue weighted by Crippen LogP contribution is -2.30. The van der Waals surface area contributed by atoms with Crippen molar-refractivity contribution in [1.82, 2.24) is 15.0 Å². The van der Waals surface area contributed by atoms with Gasteiger partial charge in [0.1, 0.15) is 12.4 Å². The molecule has 7 nitrogen and oxygen atoms in total. The largest absolute Gasteiger partial charge is 0.487 e. The van der Waals surface area contributed by atoms with Crippen molar-refractivity contribution in [3.8, 4) is 5.75 Å². The lowest BCUT2D eigenvalue weighted by atomic mass is 9.87. The van der Waals surface area contributed by atoms with E-state index in [1.54, 1.807) is 18.3 Å². The number of carbonyl (C=O) groups excluding carboxylic acids is 1. The van der Waals surface area contributed by atoms with E-state index in [1.807, 2.05) is 54.6 Å². The van der Waals surface area contributed by atoms with Crippen molar-refractivity contribution in [2.75, 3.05) is 6.54 Å².